The fraction of sp³-hybridized carbons (Fsp3) is 0.650. The van der Waals surface area contributed by atoms with E-state index in [1.807, 2.05) is 32.9 Å². The van der Waals surface area contributed by atoms with Gasteiger partial charge in [-0.15, -0.1) is 0 Å². The fourth-order valence-corrected chi connectivity index (χ4v) is 2.42. The third kappa shape index (κ3) is 14.6. The van der Waals surface area contributed by atoms with Crippen molar-refractivity contribution in [3.05, 3.63) is 29.8 Å². The Labute approximate surface area is 167 Å². The first-order chi connectivity index (χ1) is 12.9. The van der Waals surface area contributed by atoms with Gasteiger partial charge in [0, 0.05) is 16.9 Å². The number of aryl methyl sites for hydroxylation is 1. The Morgan fingerprint density at radius 3 is 1.93 bits per heavy atom. The topological polar surface area (TPSA) is 63.2 Å². The van der Waals surface area contributed by atoms with Crippen LogP contribution in [0.2, 0.25) is 0 Å². The second-order valence-corrected chi connectivity index (χ2v) is 7.77. The summed E-state index contributed by atoms with van der Waals surface area (Å²) in [5.74, 6) is -0.250. The summed E-state index contributed by atoms with van der Waals surface area (Å²) in [5, 5.41) is 0. The van der Waals surface area contributed by atoms with Gasteiger partial charge in [0.1, 0.15) is 5.60 Å². The number of hydrogen-bond donors (Lipinski definition) is 0. The van der Waals surface area contributed by atoms with Gasteiger partial charge < -0.3 is 23.1 Å². The van der Waals surface area contributed by atoms with Crippen molar-refractivity contribution >= 4 is 18.0 Å². The lowest BCUT2D eigenvalue weighted by molar-refractivity contribution is -0.156. The van der Waals surface area contributed by atoms with Crippen LogP contribution >= 0.6 is 12.0 Å². The number of carbonyl (C=O) groups excluding carboxylic acids is 1. The Morgan fingerprint density at radius 1 is 0.852 bits per heavy atom. The molecular formula is C20H32O6S. The molecule has 0 aromatic heterocycles. The average molecular weight is 401 g/mol. The van der Waals surface area contributed by atoms with Crippen LogP contribution in [0.4, 0.5) is 0 Å². The van der Waals surface area contributed by atoms with Crippen LogP contribution < -0.4 is 0 Å². The third-order valence-corrected chi connectivity index (χ3v) is 3.85. The molecule has 0 bridgehead atoms. The van der Waals surface area contributed by atoms with Gasteiger partial charge in [-0.3, -0.25) is 4.79 Å². The number of ether oxygens (including phenoxy) is 4. The number of rotatable bonds is 14. The minimum Gasteiger partial charge on any atom is -0.460 e. The first-order valence-electron chi connectivity index (χ1n) is 9.18. The second kappa shape index (κ2) is 14.0. The van der Waals surface area contributed by atoms with Crippen molar-refractivity contribution in [1.29, 1.82) is 0 Å². The van der Waals surface area contributed by atoms with Crippen LogP contribution in [0.1, 0.15) is 32.8 Å². The third-order valence-electron chi connectivity index (χ3n) is 3.10. The normalized spacial score (nSPS) is 11.6. The molecule has 0 N–H and O–H groups in total. The Balaban J connectivity index is 1.81. The molecule has 1 aromatic carbocycles. The molecular weight excluding hydrogens is 368 g/mol. The van der Waals surface area contributed by atoms with Gasteiger partial charge in [-0.2, -0.15) is 0 Å². The Hall–Kier alpha value is -1.12. The van der Waals surface area contributed by atoms with Crippen LogP contribution in [0.5, 0.6) is 0 Å². The molecule has 0 radical (unpaired) electrons. The van der Waals surface area contributed by atoms with Gasteiger partial charge >= 0.3 is 5.97 Å². The molecule has 0 heterocycles. The minimum atomic E-state index is -0.454. The first kappa shape index (κ1) is 23.9. The van der Waals surface area contributed by atoms with E-state index in [1.54, 1.807) is 0 Å². The van der Waals surface area contributed by atoms with E-state index >= 15 is 0 Å². The first-order valence-corrected chi connectivity index (χ1v) is 9.92. The zero-order valence-electron chi connectivity index (χ0n) is 16.8. The van der Waals surface area contributed by atoms with Gasteiger partial charge in [0.2, 0.25) is 0 Å². The molecule has 154 valence electrons. The van der Waals surface area contributed by atoms with E-state index in [0.29, 0.717) is 46.2 Å². The van der Waals surface area contributed by atoms with Crippen LogP contribution in [0.15, 0.2) is 29.2 Å². The Bertz CT molecular complexity index is 512. The van der Waals surface area contributed by atoms with Crippen molar-refractivity contribution in [1.82, 2.24) is 0 Å². The van der Waals surface area contributed by atoms with Crippen LogP contribution in [0.3, 0.4) is 0 Å². The standard InChI is InChI=1S/C20H32O6S/c1-17-5-7-18(8-6-17)27-25-16-15-24-14-13-23-12-11-22-10-9-19(21)26-20(2,3)4/h5-8H,9-16H2,1-4H3. The summed E-state index contributed by atoms with van der Waals surface area (Å²) in [5.41, 5.74) is 0.779. The molecule has 0 aliphatic heterocycles. The van der Waals surface area contributed by atoms with Gasteiger partial charge in [0.15, 0.2) is 0 Å². The summed E-state index contributed by atoms with van der Waals surface area (Å²) in [4.78, 5) is 12.6. The molecule has 0 atom stereocenters. The SMILES string of the molecule is Cc1ccc(SOCCOCCOCCOCCC(=O)OC(C)(C)C)cc1. The monoisotopic (exact) mass is 400 g/mol. The van der Waals surface area contributed by atoms with Gasteiger partial charge in [-0.05, 0) is 39.8 Å². The molecule has 1 aromatic rings. The van der Waals surface area contributed by atoms with Crippen molar-refractivity contribution in [2.24, 2.45) is 0 Å². The molecule has 0 aliphatic rings. The quantitative estimate of drug-likeness (QED) is 0.267. The van der Waals surface area contributed by atoms with Crippen molar-refractivity contribution in [2.75, 3.05) is 46.2 Å². The van der Waals surface area contributed by atoms with Crippen LogP contribution in [-0.4, -0.2) is 57.8 Å². The van der Waals surface area contributed by atoms with E-state index in [1.165, 1.54) is 17.6 Å². The van der Waals surface area contributed by atoms with E-state index in [9.17, 15) is 4.79 Å². The molecule has 7 heteroatoms. The second-order valence-electron chi connectivity index (χ2n) is 6.89. The number of benzene rings is 1. The van der Waals surface area contributed by atoms with Gasteiger partial charge in [0.25, 0.3) is 0 Å². The number of esters is 1. The van der Waals surface area contributed by atoms with E-state index in [-0.39, 0.29) is 12.4 Å². The molecule has 0 fully saturated rings. The Kier molecular flexibility index (Phi) is 12.4. The van der Waals surface area contributed by atoms with Gasteiger partial charge in [-0.25, -0.2) is 0 Å². The zero-order valence-corrected chi connectivity index (χ0v) is 17.6. The van der Waals surface area contributed by atoms with Gasteiger partial charge in [0.05, 0.1) is 52.7 Å². The minimum absolute atomic E-state index is 0.250. The van der Waals surface area contributed by atoms with Crippen molar-refractivity contribution in [3.63, 3.8) is 0 Å². The molecule has 0 unspecified atom stereocenters. The van der Waals surface area contributed by atoms with Crippen molar-refractivity contribution in [2.45, 2.75) is 44.6 Å². The summed E-state index contributed by atoms with van der Waals surface area (Å²) in [7, 11) is 0. The van der Waals surface area contributed by atoms with Crippen LogP contribution in [-0.2, 0) is 27.9 Å². The zero-order chi connectivity index (χ0) is 20.0. The highest BCUT2D eigenvalue weighted by molar-refractivity contribution is 7.94. The van der Waals surface area contributed by atoms with E-state index in [2.05, 4.69) is 19.1 Å². The highest BCUT2D eigenvalue weighted by Crippen LogP contribution is 2.18. The lowest BCUT2D eigenvalue weighted by Crippen LogP contribution is -2.24. The molecule has 0 saturated heterocycles. The summed E-state index contributed by atoms with van der Waals surface area (Å²) in [6, 6.07) is 8.18. The van der Waals surface area contributed by atoms with Crippen molar-refractivity contribution < 1.29 is 27.9 Å². The lowest BCUT2D eigenvalue weighted by atomic mass is 10.2. The largest absolute Gasteiger partial charge is 0.460 e. The molecule has 1 rings (SSSR count). The maximum Gasteiger partial charge on any atom is 0.308 e. The fourth-order valence-electron chi connectivity index (χ4n) is 1.89. The lowest BCUT2D eigenvalue weighted by Gasteiger charge is -2.19. The van der Waals surface area contributed by atoms with E-state index < -0.39 is 5.60 Å². The molecule has 0 spiro atoms. The predicted molar refractivity (Wildman–Crippen MR) is 106 cm³/mol. The molecule has 6 nitrogen and oxygen atoms in total. The van der Waals surface area contributed by atoms with Crippen LogP contribution in [0, 0.1) is 6.92 Å². The van der Waals surface area contributed by atoms with Crippen LogP contribution in [0.25, 0.3) is 0 Å². The molecule has 0 saturated carbocycles. The molecule has 0 aliphatic carbocycles. The predicted octanol–water partition coefficient (Wildman–Crippen LogP) is 3.80. The maximum atomic E-state index is 11.5. The van der Waals surface area contributed by atoms with Crippen molar-refractivity contribution in [3.8, 4) is 0 Å². The highest BCUT2D eigenvalue weighted by Gasteiger charge is 2.15. The summed E-state index contributed by atoms with van der Waals surface area (Å²) < 4.78 is 26.8. The molecule has 0 amide bonds. The molecule has 27 heavy (non-hydrogen) atoms. The summed E-state index contributed by atoms with van der Waals surface area (Å²) in [6.07, 6.45) is 0.251. The number of hydrogen-bond acceptors (Lipinski definition) is 7. The Morgan fingerprint density at radius 2 is 1.37 bits per heavy atom. The highest BCUT2D eigenvalue weighted by atomic mass is 32.2. The smallest absolute Gasteiger partial charge is 0.308 e. The van der Waals surface area contributed by atoms with E-state index in [0.717, 1.165) is 4.90 Å². The average Bonchev–Trinajstić information content (AvgIpc) is 2.59. The number of carbonyl (C=O) groups is 1. The van der Waals surface area contributed by atoms with Gasteiger partial charge in [-0.1, -0.05) is 17.7 Å². The van der Waals surface area contributed by atoms with E-state index in [4.69, 9.17) is 23.1 Å². The maximum absolute atomic E-state index is 11.5. The summed E-state index contributed by atoms with van der Waals surface area (Å²) in [6.45, 7) is 10.9. The summed E-state index contributed by atoms with van der Waals surface area (Å²) >= 11 is 1.35.